The van der Waals surface area contributed by atoms with Crippen LogP contribution in [0.3, 0.4) is 0 Å². The number of anilines is 1. The predicted octanol–water partition coefficient (Wildman–Crippen LogP) is 3.78. The van der Waals surface area contributed by atoms with Crippen LogP contribution in [-0.4, -0.2) is 46.9 Å². The number of ether oxygens (including phenoxy) is 2. The van der Waals surface area contributed by atoms with E-state index >= 15 is 0 Å². The first-order chi connectivity index (χ1) is 15.2. The van der Waals surface area contributed by atoms with Gasteiger partial charge in [-0.3, -0.25) is 9.10 Å². The van der Waals surface area contributed by atoms with Gasteiger partial charge in [-0.25, -0.2) is 8.42 Å². The van der Waals surface area contributed by atoms with E-state index in [0.717, 1.165) is 18.6 Å². The van der Waals surface area contributed by atoms with E-state index in [-0.39, 0.29) is 25.0 Å². The Bertz CT molecular complexity index is 941. The molecule has 176 valence electrons. The van der Waals surface area contributed by atoms with Crippen LogP contribution in [-0.2, 0) is 21.2 Å². The first kappa shape index (κ1) is 25.5. The summed E-state index contributed by atoms with van der Waals surface area (Å²) in [6, 6.07) is 14.8. The molecular weight excluding hydrogens is 428 g/mol. The molecule has 1 N–H and O–H groups in total. The molecule has 0 saturated carbocycles. The maximum absolute atomic E-state index is 12.2. The van der Waals surface area contributed by atoms with Crippen LogP contribution in [0.1, 0.15) is 38.7 Å². The molecule has 7 nitrogen and oxygen atoms in total. The van der Waals surface area contributed by atoms with Crippen LogP contribution < -0.4 is 19.1 Å². The fourth-order valence-corrected chi connectivity index (χ4v) is 4.20. The van der Waals surface area contributed by atoms with Crippen LogP contribution in [0.15, 0.2) is 48.5 Å². The molecule has 0 heterocycles. The zero-order chi connectivity index (χ0) is 23.6. The molecule has 0 aromatic heterocycles. The van der Waals surface area contributed by atoms with Crippen LogP contribution >= 0.6 is 0 Å². The number of rotatable bonds is 13. The Balaban J connectivity index is 1.72. The van der Waals surface area contributed by atoms with Crippen molar-refractivity contribution >= 4 is 21.6 Å². The van der Waals surface area contributed by atoms with E-state index in [1.54, 1.807) is 31.4 Å². The van der Waals surface area contributed by atoms with Crippen molar-refractivity contribution < 1.29 is 22.7 Å². The average molecular weight is 463 g/mol. The molecule has 0 aliphatic heterocycles. The minimum Gasteiger partial charge on any atom is -0.497 e. The Morgan fingerprint density at radius 3 is 2.19 bits per heavy atom. The third-order valence-corrected chi connectivity index (χ3v) is 5.98. The van der Waals surface area contributed by atoms with Crippen molar-refractivity contribution in [2.24, 2.45) is 0 Å². The Labute approximate surface area is 191 Å². The first-order valence-corrected chi connectivity index (χ1v) is 12.7. The number of carbonyl (C=O) groups excluding carboxylic acids is 1. The van der Waals surface area contributed by atoms with Gasteiger partial charge < -0.3 is 14.8 Å². The summed E-state index contributed by atoms with van der Waals surface area (Å²) in [4.78, 5) is 12.1. The number of hydrogen-bond acceptors (Lipinski definition) is 5. The molecule has 32 heavy (non-hydrogen) atoms. The zero-order valence-corrected chi connectivity index (χ0v) is 20.2. The van der Waals surface area contributed by atoms with Crippen LogP contribution in [0.2, 0.25) is 0 Å². The highest BCUT2D eigenvalue weighted by Crippen LogP contribution is 2.22. The molecular formula is C24H34N2O5S. The Morgan fingerprint density at radius 2 is 1.62 bits per heavy atom. The molecule has 0 fully saturated rings. The van der Waals surface area contributed by atoms with Crippen molar-refractivity contribution in [2.45, 2.75) is 45.6 Å². The van der Waals surface area contributed by atoms with Gasteiger partial charge in [0.2, 0.25) is 15.9 Å². The number of nitrogens with one attached hydrogen (secondary N) is 1. The summed E-state index contributed by atoms with van der Waals surface area (Å²) in [7, 11) is -1.89. The highest BCUT2D eigenvalue weighted by atomic mass is 32.2. The zero-order valence-electron chi connectivity index (χ0n) is 19.3. The molecule has 0 aliphatic rings. The van der Waals surface area contributed by atoms with E-state index in [1.807, 2.05) is 38.1 Å². The highest BCUT2D eigenvalue weighted by molar-refractivity contribution is 7.92. The van der Waals surface area contributed by atoms with Crippen molar-refractivity contribution in [3.63, 3.8) is 0 Å². The Morgan fingerprint density at radius 1 is 1.00 bits per heavy atom. The van der Waals surface area contributed by atoms with Gasteiger partial charge in [-0.2, -0.15) is 0 Å². The fourth-order valence-electron chi connectivity index (χ4n) is 3.23. The van der Waals surface area contributed by atoms with E-state index in [1.165, 1.54) is 16.1 Å². The number of sulfonamides is 1. The van der Waals surface area contributed by atoms with Gasteiger partial charge in [0.15, 0.2) is 0 Å². The van der Waals surface area contributed by atoms with E-state index in [9.17, 15) is 13.2 Å². The summed E-state index contributed by atoms with van der Waals surface area (Å²) in [5, 5.41) is 2.91. The molecule has 2 rings (SSSR count). The van der Waals surface area contributed by atoms with E-state index in [0.29, 0.717) is 24.4 Å². The van der Waals surface area contributed by atoms with Gasteiger partial charge in [0, 0.05) is 19.5 Å². The van der Waals surface area contributed by atoms with Crippen LogP contribution in [0, 0.1) is 0 Å². The standard InChI is InChI=1S/C24H34N2O5S/c1-19(2)31-23-13-9-20(10-14-23)7-5-17-25-24(27)8-6-18-26(32(4,28)29)21-11-15-22(30-3)16-12-21/h9-16,19H,5-8,17-18H2,1-4H3,(H,25,27). The topological polar surface area (TPSA) is 84.9 Å². The largest absolute Gasteiger partial charge is 0.497 e. The van der Waals surface area contributed by atoms with Crippen molar-refractivity contribution in [1.82, 2.24) is 5.32 Å². The summed E-state index contributed by atoms with van der Waals surface area (Å²) in [5.41, 5.74) is 1.75. The molecule has 0 unspecified atom stereocenters. The quantitative estimate of drug-likeness (QED) is 0.458. The molecule has 2 aromatic rings. The van der Waals surface area contributed by atoms with Crippen molar-refractivity contribution in [2.75, 3.05) is 30.8 Å². The number of aryl methyl sites for hydroxylation is 1. The highest BCUT2D eigenvalue weighted by Gasteiger charge is 2.17. The van der Waals surface area contributed by atoms with Gasteiger partial charge in [-0.15, -0.1) is 0 Å². The SMILES string of the molecule is COc1ccc(N(CCCC(=O)NCCCc2ccc(OC(C)C)cc2)S(C)(=O)=O)cc1. The molecule has 1 amide bonds. The van der Waals surface area contributed by atoms with E-state index in [2.05, 4.69) is 5.32 Å². The van der Waals surface area contributed by atoms with Crippen LogP contribution in [0.5, 0.6) is 11.5 Å². The third kappa shape index (κ3) is 8.78. The first-order valence-electron chi connectivity index (χ1n) is 10.8. The number of amides is 1. The number of benzene rings is 2. The fraction of sp³-hybridized carbons (Fsp3) is 0.458. The summed E-state index contributed by atoms with van der Waals surface area (Å²) >= 11 is 0. The minimum absolute atomic E-state index is 0.0751. The maximum Gasteiger partial charge on any atom is 0.232 e. The number of methoxy groups -OCH3 is 1. The molecule has 0 aliphatic carbocycles. The molecule has 2 aromatic carbocycles. The van der Waals surface area contributed by atoms with Crippen molar-refractivity contribution in [3.8, 4) is 11.5 Å². The van der Waals surface area contributed by atoms with Gasteiger partial charge in [-0.1, -0.05) is 12.1 Å². The summed E-state index contributed by atoms with van der Waals surface area (Å²) in [6.07, 6.45) is 3.71. The smallest absolute Gasteiger partial charge is 0.232 e. The normalized spacial score (nSPS) is 11.3. The lowest BCUT2D eigenvalue weighted by Gasteiger charge is -2.22. The molecule has 0 atom stereocenters. The molecule has 0 spiro atoms. The van der Waals surface area contributed by atoms with E-state index in [4.69, 9.17) is 9.47 Å². The van der Waals surface area contributed by atoms with Gasteiger partial charge in [-0.05, 0) is 75.1 Å². The van der Waals surface area contributed by atoms with Crippen LogP contribution in [0.4, 0.5) is 5.69 Å². The third-order valence-electron chi connectivity index (χ3n) is 4.79. The molecule has 0 saturated heterocycles. The van der Waals surface area contributed by atoms with Crippen molar-refractivity contribution in [3.05, 3.63) is 54.1 Å². The molecule has 8 heteroatoms. The lowest BCUT2D eigenvalue weighted by molar-refractivity contribution is -0.121. The summed E-state index contributed by atoms with van der Waals surface area (Å²) < 4.78 is 36.4. The van der Waals surface area contributed by atoms with Gasteiger partial charge in [0.25, 0.3) is 0 Å². The summed E-state index contributed by atoms with van der Waals surface area (Å²) in [5.74, 6) is 1.44. The Kier molecular flexibility index (Phi) is 9.84. The maximum atomic E-state index is 12.2. The summed E-state index contributed by atoms with van der Waals surface area (Å²) in [6.45, 7) is 4.81. The van der Waals surface area contributed by atoms with Gasteiger partial charge in [0.05, 0.1) is 25.2 Å². The second-order valence-corrected chi connectivity index (χ2v) is 9.81. The second-order valence-electron chi connectivity index (χ2n) is 7.90. The number of carbonyl (C=O) groups is 1. The Hall–Kier alpha value is -2.74. The van der Waals surface area contributed by atoms with Gasteiger partial charge in [0.1, 0.15) is 11.5 Å². The molecule has 0 bridgehead atoms. The number of hydrogen-bond donors (Lipinski definition) is 1. The van der Waals surface area contributed by atoms with Crippen LogP contribution in [0.25, 0.3) is 0 Å². The lowest BCUT2D eigenvalue weighted by Crippen LogP contribution is -2.32. The minimum atomic E-state index is -3.45. The molecule has 0 radical (unpaired) electrons. The second kappa shape index (κ2) is 12.3. The lowest BCUT2D eigenvalue weighted by atomic mass is 10.1. The van der Waals surface area contributed by atoms with Crippen molar-refractivity contribution in [1.29, 1.82) is 0 Å². The monoisotopic (exact) mass is 462 g/mol. The predicted molar refractivity (Wildman–Crippen MR) is 128 cm³/mol. The number of nitrogens with zero attached hydrogens (tertiary/aromatic N) is 1. The van der Waals surface area contributed by atoms with Gasteiger partial charge >= 0.3 is 0 Å². The average Bonchev–Trinajstić information content (AvgIpc) is 2.74. The van der Waals surface area contributed by atoms with E-state index < -0.39 is 10.0 Å².